The van der Waals surface area contributed by atoms with E-state index in [4.69, 9.17) is 21.1 Å². The van der Waals surface area contributed by atoms with Gasteiger partial charge in [0.2, 0.25) is 0 Å². The number of ether oxygens (including phenoxy) is 2. The molecular weight excluding hydrogens is 438 g/mol. The monoisotopic (exact) mass is 459 g/mol. The van der Waals surface area contributed by atoms with E-state index in [-0.39, 0.29) is 11.7 Å². The Hall–Kier alpha value is -3.04. The van der Waals surface area contributed by atoms with Gasteiger partial charge in [-0.1, -0.05) is 29.4 Å². The first-order valence-corrected chi connectivity index (χ1v) is 10.8. The molecule has 8 nitrogen and oxygen atoms in total. The molecule has 0 radical (unpaired) electrons. The first kappa shape index (κ1) is 22.6. The lowest BCUT2D eigenvalue weighted by Gasteiger charge is -2.09. The van der Waals surface area contributed by atoms with Gasteiger partial charge >= 0.3 is 0 Å². The zero-order valence-electron chi connectivity index (χ0n) is 17.3. The largest absolute Gasteiger partial charge is 0.493 e. The Morgan fingerprint density at radius 1 is 1.19 bits per heavy atom. The predicted molar refractivity (Wildman–Crippen MR) is 122 cm³/mol. The van der Waals surface area contributed by atoms with Gasteiger partial charge in [-0.3, -0.25) is 4.79 Å². The van der Waals surface area contributed by atoms with Crippen LogP contribution in [0.4, 0.5) is 0 Å². The molecule has 0 unspecified atom stereocenters. The lowest BCUT2D eigenvalue weighted by atomic mass is 10.2. The molecule has 1 N–H and O–H groups in total. The fourth-order valence-electron chi connectivity index (χ4n) is 2.84. The predicted octanol–water partition coefficient (Wildman–Crippen LogP) is 3.88. The number of para-hydroxylation sites is 1. The van der Waals surface area contributed by atoms with Crippen LogP contribution in [-0.4, -0.2) is 46.9 Å². The third kappa shape index (κ3) is 5.56. The zero-order chi connectivity index (χ0) is 22.2. The van der Waals surface area contributed by atoms with Crippen molar-refractivity contribution >= 4 is 35.5 Å². The molecule has 0 aliphatic carbocycles. The summed E-state index contributed by atoms with van der Waals surface area (Å²) in [7, 11) is 3.11. The molecule has 162 valence electrons. The van der Waals surface area contributed by atoms with Crippen LogP contribution in [0, 0.1) is 0 Å². The van der Waals surface area contributed by atoms with Crippen LogP contribution in [0.15, 0.2) is 52.7 Å². The molecule has 0 spiro atoms. The van der Waals surface area contributed by atoms with E-state index < -0.39 is 0 Å². The number of halogens is 1. The summed E-state index contributed by atoms with van der Waals surface area (Å²) >= 11 is 7.25. The summed E-state index contributed by atoms with van der Waals surface area (Å²) in [5, 5.41) is 13.8. The van der Waals surface area contributed by atoms with Crippen molar-refractivity contribution in [3.63, 3.8) is 0 Å². The quantitative estimate of drug-likeness (QED) is 0.296. The van der Waals surface area contributed by atoms with Crippen LogP contribution >= 0.6 is 23.4 Å². The Morgan fingerprint density at radius 3 is 2.65 bits per heavy atom. The number of aromatic nitrogens is 3. The van der Waals surface area contributed by atoms with Gasteiger partial charge in [0.15, 0.2) is 22.5 Å². The van der Waals surface area contributed by atoms with E-state index in [1.807, 2.05) is 35.8 Å². The third-order valence-corrected chi connectivity index (χ3v) is 5.51. The van der Waals surface area contributed by atoms with Crippen molar-refractivity contribution in [3.05, 3.63) is 53.1 Å². The number of nitrogens with one attached hydrogen (secondary N) is 1. The van der Waals surface area contributed by atoms with E-state index >= 15 is 0 Å². The summed E-state index contributed by atoms with van der Waals surface area (Å²) in [6, 6.07) is 12.8. The molecule has 0 fully saturated rings. The molecule has 0 atom stereocenters. The van der Waals surface area contributed by atoms with Crippen molar-refractivity contribution in [2.45, 2.75) is 18.6 Å². The Labute approximate surface area is 189 Å². The van der Waals surface area contributed by atoms with Crippen LogP contribution < -0.4 is 14.9 Å². The van der Waals surface area contributed by atoms with Crippen LogP contribution in [0.2, 0.25) is 5.02 Å². The van der Waals surface area contributed by atoms with Gasteiger partial charge in [-0.25, -0.2) is 5.43 Å². The van der Waals surface area contributed by atoms with E-state index in [1.54, 1.807) is 32.4 Å². The SMILES string of the molecule is CCn1c(SCC(=O)N/N=C\c2cccc(OC)c2OC)nnc1-c1ccc(Cl)cc1. The molecule has 1 aromatic heterocycles. The van der Waals surface area contributed by atoms with Crippen molar-refractivity contribution in [2.24, 2.45) is 5.10 Å². The summed E-state index contributed by atoms with van der Waals surface area (Å²) in [6.07, 6.45) is 1.51. The Bertz CT molecular complexity index is 1070. The highest BCUT2D eigenvalue weighted by atomic mass is 35.5. The van der Waals surface area contributed by atoms with Crippen LogP contribution in [-0.2, 0) is 11.3 Å². The number of benzene rings is 2. The zero-order valence-corrected chi connectivity index (χ0v) is 18.9. The molecule has 1 amide bonds. The standard InChI is InChI=1S/C21H22ClN5O3S/c1-4-27-20(14-8-10-16(22)11-9-14)25-26-21(27)31-13-18(28)24-23-12-15-6-5-7-17(29-2)19(15)30-3/h5-12H,4,13H2,1-3H3,(H,24,28)/b23-12-. The number of amides is 1. The first-order valence-electron chi connectivity index (χ1n) is 9.42. The van der Waals surface area contributed by atoms with E-state index in [1.165, 1.54) is 18.0 Å². The molecule has 0 saturated heterocycles. The highest BCUT2D eigenvalue weighted by Crippen LogP contribution is 2.29. The van der Waals surface area contributed by atoms with Crippen molar-refractivity contribution in [3.8, 4) is 22.9 Å². The molecule has 1 heterocycles. The number of hydrogen-bond donors (Lipinski definition) is 1. The molecule has 2 aromatic carbocycles. The van der Waals surface area contributed by atoms with Crippen molar-refractivity contribution < 1.29 is 14.3 Å². The molecule has 31 heavy (non-hydrogen) atoms. The highest BCUT2D eigenvalue weighted by Gasteiger charge is 2.14. The lowest BCUT2D eigenvalue weighted by molar-refractivity contribution is -0.118. The topological polar surface area (TPSA) is 90.6 Å². The number of hydrogen-bond acceptors (Lipinski definition) is 7. The maximum absolute atomic E-state index is 12.2. The van der Waals surface area contributed by atoms with Gasteiger partial charge < -0.3 is 14.0 Å². The molecule has 0 saturated carbocycles. The second-order valence-electron chi connectivity index (χ2n) is 6.22. The second-order valence-corrected chi connectivity index (χ2v) is 7.60. The summed E-state index contributed by atoms with van der Waals surface area (Å²) in [5.41, 5.74) is 4.11. The van der Waals surface area contributed by atoms with E-state index in [0.717, 1.165) is 11.4 Å². The molecule has 0 aliphatic rings. The minimum Gasteiger partial charge on any atom is -0.493 e. The van der Waals surface area contributed by atoms with Crippen LogP contribution in [0.25, 0.3) is 11.4 Å². The molecule has 10 heteroatoms. The summed E-state index contributed by atoms with van der Waals surface area (Å²) < 4.78 is 12.5. The molecular formula is C21H22ClN5O3S. The van der Waals surface area contributed by atoms with Crippen molar-refractivity contribution in [1.29, 1.82) is 0 Å². The van der Waals surface area contributed by atoms with Crippen LogP contribution in [0.3, 0.4) is 0 Å². The van der Waals surface area contributed by atoms with Gasteiger partial charge in [-0.05, 0) is 43.3 Å². The Balaban J connectivity index is 1.62. The minimum atomic E-state index is -0.262. The van der Waals surface area contributed by atoms with Gasteiger partial charge in [-0.2, -0.15) is 5.10 Å². The molecule has 3 rings (SSSR count). The minimum absolute atomic E-state index is 0.144. The molecule has 3 aromatic rings. The van der Waals surface area contributed by atoms with Crippen LogP contribution in [0.1, 0.15) is 12.5 Å². The summed E-state index contributed by atoms with van der Waals surface area (Å²) in [4.78, 5) is 12.2. The first-order chi connectivity index (χ1) is 15.1. The lowest BCUT2D eigenvalue weighted by Crippen LogP contribution is -2.20. The number of hydrazone groups is 1. The average Bonchev–Trinajstić information content (AvgIpc) is 3.20. The van der Waals surface area contributed by atoms with Gasteiger partial charge in [-0.15, -0.1) is 10.2 Å². The summed E-state index contributed by atoms with van der Waals surface area (Å²) in [6.45, 7) is 2.67. The number of methoxy groups -OCH3 is 2. The van der Waals surface area contributed by atoms with Crippen molar-refractivity contribution in [2.75, 3.05) is 20.0 Å². The fraction of sp³-hybridized carbons (Fsp3) is 0.238. The van der Waals surface area contributed by atoms with E-state index in [9.17, 15) is 4.79 Å². The Kier molecular flexibility index (Phi) is 7.91. The number of carbonyl (C=O) groups excluding carboxylic acids is 1. The van der Waals surface area contributed by atoms with E-state index in [0.29, 0.717) is 33.8 Å². The maximum atomic E-state index is 12.2. The number of rotatable bonds is 9. The molecule has 0 bridgehead atoms. The maximum Gasteiger partial charge on any atom is 0.250 e. The Morgan fingerprint density at radius 2 is 1.97 bits per heavy atom. The second kappa shape index (κ2) is 10.8. The van der Waals surface area contributed by atoms with Crippen LogP contribution in [0.5, 0.6) is 11.5 Å². The van der Waals surface area contributed by atoms with Crippen molar-refractivity contribution in [1.82, 2.24) is 20.2 Å². The highest BCUT2D eigenvalue weighted by molar-refractivity contribution is 7.99. The fourth-order valence-corrected chi connectivity index (χ4v) is 3.76. The van der Waals surface area contributed by atoms with Gasteiger partial charge in [0.1, 0.15) is 0 Å². The summed E-state index contributed by atoms with van der Waals surface area (Å²) in [5.74, 6) is 1.74. The molecule has 0 aliphatic heterocycles. The van der Waals surface area contributed by atoms with Gasteiger partial charge in [0.05, 0.1) is 26.2 Å². The number of nitrogens with zero attached hydrogens (tertiary/aromatic N) is 4. The van der Waals surface area contributed by atoms with E-state index in [2.05, 4.69) is 20.7 Å². The number of carbonyl (C=O) groups is 1. The van der Waals surface area contributed by atoms with Gasteiger partial charge in [0.25, 0.3) is 5.91 Å². The smallest absolute Gasteiger partial charge is 0.250 e. The normalized spacial score (nSPS) is 11.0. The average molecular weight is 460 g/mol. The van der Waals surface area contributed by atoms with Gasteiger partial charge in [0, 0.05) is 22.7 Å². The third-order valence-electron chi connectivity index (χ3n) is 4.29. The number of thioether (sulfide) groups is 1.